The standard InChI is InChI=1S/C13H14F2N4O2/c1-3-16-13-18-17-11(19(13)4-2)7-5-9(14)10(15)6-8(7)12(20)21/h5-6H,3-4H2,1-2H3,(H,16,18)(H,20,21). The first-order valence-corrected chi connectivity index (χ1v) is 6.39. The van der Waals surface area contributed by atoms with E-state index in [0.717, 1.165) is 6.07 Å². The molecule has 0 saturated carbocycles. The molecule has 8 heteroatoms. The van der Waals surface area contributed by atoms with Gasteiger partial charge in [0, 0.05) is 18.7 Å². The van der Waals surface area contributed by atoms with Crippen molar-refractivity contribution in [2.45, 2.75) is 20.4 Å². The van der Waals surface area contributed by atoms with Crippen molar-refractivity contribution in [3.63, 3.8) is 0 Å². The van der Waals surface area contributed by atoms with Gasteiger partial charge in [0.2, 0.25) is 5.95 Å². The molecule has 0 unspecified atom stereocenters. The number of carboxylic acids is 1. The van der Waals surface area contributed by atoms with Crippen LogP contribution in [0.25, 0.3) is 11.4 Å². The van der Waals surface area contributed by atoms with Crippen LogP contribution in [0, 0.1) is 11.6 Å². The first-order valence-electron chi connectivity index (χ1n) is 6.39. The molecule has 2 N–H and O–H groups in total. The van der Waals surface area contributed by atoms with Gasteiger partial charge < -0.3 is 10.4 Å². The number of aromatic nitrogens is 3. The fourth-order valence-electron chi connectivity index (χ4n) is 2.00. The number of anilines is 1. The van der Waals surface area contributed by atoms with Crippen LogP contribution in [-0.4, -0.2) is 32.4 Å². The first kappa shape index (κ1) is 14.9. The number of carbonyl (C=O) groups is 1. The second kappa shape index (κ2) is 5.86. The Morgan fingerprint density at radius 3 is 2.52 bits per heavy atom. The molecule has 112 valence electrons. The van der Waals surface area contributed by atoms with Gasteiger partial charge in [-0.3, -0.25) is 4.57 Å². The molecule has 0 saturated heterocycles. The number of aromatic carboxylic acids is 1. The number of rotatable bonds is 5. The lowest BCUT2D eigenvalue weighted by Gasteiger charge is -2.10. The number of halogens is 2. The number of hydrogen-bond acceptors (Lipinski definition) is 4. The summed E-state index contributed by atoms with van der Waals surface area (Å²) < 4.78 is 28.3. The van der Waals surface area contributed by atoms with Crippen molar-refractivity contribution in [2.75, 3.05) is 11.9 Å². The molecular weight excluding hydrogens is 282 g/mol. The second-order valence-electron chi connectivity index (χ2n) is 4.24. The van der Waals surface area contributed by atoms with E-state index in [9.17, 15) is 13.6 Å². The Morgan fingerprint density at radius 2 is 1.95 bits per heavy atom. The van der Waals surface area contributed by atoms with Gasteiger partial charge in [0.05, 0.1) is 5.56 Å². The highest BCUT2D eigenvalue weighted by Crippen LogP contribution is 2.27. The fourth-order valence-corrected chi connectivity index (χ4v) is 2.00. The van der Waals surface area contributed by atoms with Crippen molar-refractivity contribution in [2.24, 2.45) is 0 Å². The Hall–Kier alpha value is -2.51. The molecule has 1 aromatic heterocycles. The number of hydrogen-bond donors (Lipinski definition) is 2. The predicted molar refractivity (Wildman–Crippen MR) is 72.2 cm³/mol. The third-order valence-corrected chi connectivity index (χ3v) is 2.93. The van der Waals surface area contributed by atoms with E-state index >= 15 is 0 Å². The number of benzene rings is 1. The molecule has 0 fully saturated rings. The van der Waals surface area contributed by atoms with Crippen LogP contribution in [0.15, 0.2) is 12.1 Å². The lowest BCUT2D eigenvalue weighted by molar-refractivity contribution is 0.0697. The van der Waals surface area contributed by atoms with Gasteiger partial charge in [0.15, 0.2) is 17.5 Å². The summed E-state index contributed by atoms with van der Waals surface area (Å²) in [6, 6.07) is 1.47. The first-order chi connectivity index (χ1) is 9.99. The van der Waals surface area contributed by atoms with Crippen molar-refractivity contribution in [1.29, 1.82) is 0 Å². The van der Waals surface area contributed by atoms with Gasteiger partial charge in [-0.25, -0.2) is 13.6 Å². The SMILES string of the molecule is CCNc1nnc(-c2cc(F)c(F)cc2C(=O)O)n1CC. The third-order valence-electron chi connectivity index (χ3n) is 2.93. The van der Waals surface area contributed by atoms with E-state index in [1.165, 1.54) is 0 Å². The van der Waals surface area contributed by atoms with Gasteiger partial charge in [-0.05, 0) is 26.0 Å². The highest BCUT2D eigenvalue weighted by molar-refractivity contribution is 5.95. The molecule has 0 bridgehead atoms. The molecule has 2 aromatic rings. The molecule has 21 heavy (non-hydrogen) atoms. The van der Waals surface area contributed by atoms with E-state index in [2.05, 4.69) is 15.5 Å². The maximum atomic E-state index is 13.5. The number of carboxylic acid groups (broad SMARTS) is 1. The molecule has 0 amide bonds. The molecule has 0 aliphatic rings. The molecule has 1 aromatic carbocycles. The zero-order valence-corrected chi connectivity index (χ0v) is 11.5. The largest absolute Gasteiger partial charge is 0.478 e. The van der Waals surface area contributed by atoms with Crippen LogP contribution in [0.3, 0.4) is 0 Å². The van der Waals surface area contributed by atoms with Crippen LogP contribution in [0.5, 0.6) is 0 Å². The van der Waals surface area contributed by atoms with Crippen LogP contribution in [0.2, 0.25) is 0 Å². The number of nitrogens with zero attached hydrogens (tertiary/aromatic N) is 3. The summed E-state index contributed by atoms with van der Waals surface area (Å²) >= 11 is 0. The van der Waals surface area contributed by atoms with E-state index in [0.29, 0.717) is 25.1 Å². The van der Waals surface area contributed by atoms with Crippen LogP contribution in [0.4, 0.5) is 14.7 Å². The topological polar surface area (TPSA) is 80.0 Å². The average Bonchev–Trinajstić information content (AvgIpc) is 2.84. The lowest BCUT2D eigenvalue weighted by Crippen LogP contribution is -2.09. The summed E-state index contributed by atoms with van der Waals surface area (Å²) in [6.07, 6.45) is 0. The summed E-state index contributed by atoms with van der Waals surface area (Å²) in [6.45, 7) is 4.73. The molecule has 0 radical (unpaired) electrons. The fraction of sp³-hybridized carbons (Fsp3) is 0.308. The van der Waals surface area contributed by atoms with Gasteiger partial charge >= 0.3 is 5.97 Å². The Labute approximate surface area is 119 Å². The lowest BCUT2D eigenvalue weighted by atomic mass is 10.1. The van der Waals surface area contributed by atoms with Crippen LogP contribution < -0.4 is 5.32 Å². The summed E-state index contributed by atoms with van der Waals surface area (Å²) in [5, 5.41) is 19.9. The second-order valence-corrected chi connectivity index (χ2v) is 4.24. The Bertz CT molecular complexity index is 685. The van der Waals surface area contributed by atoms with Gasteiger partial charge in [-0.15, -0.1) is 10.2 Å². The normalized spacial score (nSPS) is 10.7. The molecule has 0 aliphatic heterocycles. The average molecular weight is 296 g/mol. The van der Waals surface area contributed by atoms with E-state index < -0.39 is 17.6 Å². The summed E-state index contributed by atoms with van der Waals surface area (Å²) in [5.74, 6) is -3.10. The molecule has 0 atom stereocenters. The zero-order valence-electron chi connectivity index (χ0n) is 11.5. The van der Waals surface area contributed by atoms with Crippen molar-refractivity contribution in [3.8, 4) is 11.4 Å². The van der Waals surface area contributed by atoms with E-state index in [1.807, 2.05) is 13.8 Å². The molecule has 6 nitrogen and oxygen atoms in total. The minimum absolute atomic E-state index is 0.0140. The maximum Gasteiger partial charge on any atom is 0.336 e. The zero-order chi connectivity index (χ0) is 15.6. The molecule has 0 spiro atoms. The van der Waals surface area contributed by atoms with Crippen LogP contribution >= 0.6 is 0 Å². The Morgan fingerprint density at radius 1 is 1.29 bits per heavy atom. The summed E-state index contributed by atoms with van der Waals surface area (Å²) in [4.78, 5) is 11.2. The molecular formula is C13H14F2N4O2. The van der Waals surface area contributed by atoms with E-state index in [-0.39, 0.29) is 17.0 Å². The van der Waals surface area contributed by atoms with Crippen molar-refractivity contribution in [1.82, 2.24) is 14.8 Å². The van der Waals surface area contributed by atoms with Crippen LogP contribution in [-0.2, 0) is 6.54 Å². The molecule has 0 aliphatic carbocycles. The van der Waals surface area contributed by atoms with Gasteiger partial charge in [-0.1, -0.05) is 0 Å². The highest BCUT2D eigenvalue weighted by Gasteiger charge is 2.21. The Balaban J connectivity index is 2.66. The minimum atomic E-state index is -1.36. The molecule has 2 rings (SSSR count). The minimum Gasteiger partial charge on any atom is -0.478 e. The third kappa shape index (κ3) is 2.69. The summed E-state index contributed by atoms with van der Waals surface area (Å²) in [7, 11) is 0. The van der Waals surface area contributed by atoms with Crippen molar-refractivity contribution in [3.05, 3.63) is 29.3 Å². The molecule has 1 heterocycles. The Kier molecular flexibility index (Phi) is 4.15. The van der Waals surface area contributed by atoms with Crippen LogP contribution in [0.1, 0.15) is 24.2 Å². The monoisotopic (exact) mass is 296 g/mol. The van der Waals surface area contributed by atoms with Gasteiger partial charge in [0.1, 0.15) is 0 Å². The number of nitrogens with one attached hydrogen (secondary N) is 1. The smallest absolute Gasteiger partial charge is 0.336 e. The predicted octanol–water partition coefficient (Wildman–Crippen LogP) is 2.37. The van der Waals surface area contributed by atoms with Gasteiger partial charge in [0.25, 0.3) is 0 Å². The van der Waals surface area contributed by atoms with Crippen molar-refractivity contribution >= 4 is 11.9 Å². The van der Waals surface area contributed by atoms with Gasteiger partial charge in [-0.2, -0.15) is 0 Å². The highest BCUT2D eigenvalue weighted by atomic mass is 19.2. The summed E-state index contributed by atoms with van der Waals surface area (Å²) in [5.41, 5.74) is -0.376. The maximum absolute atomic E-state index is 13.5. The van der Waals surface area contributed by atoms with E-state index in [1.54, 1.807) is 4.57 Å². The quantitative estimate of drug-likeness (QED) is 0.885. The van der Waals surface area contributed by atoms with E-state index in [4.69, 9.17) is 5.11 Å². The van der Waals surface area contributed by atoms with Crippen molar-refractivity contribution < 1.29 is 18.7 Å².